The highest BCUT2D eigenvalue weighted by molar-refractivity contribution is 7.09. The first-order valence-electron chi connectivity index (χ1n) is 9.22. The van der Waals surface area contributed by atoms with Gasteiger partial charge in [-0.25, -0.2) is 11.4 Å². The second kappa shape index (κ2) is 8.73. The highest BCUT2D eigenvalue weighted by Gasteiger charge is 2.24. The first-order chi connectivity index (χ1) is 15.1. The lowest BCUT2D eigenvalue weighted by Gasteiger charge is -2.01. The van der Waals surface area contributed by atoms with E-state index < -0.39 is 17.9 Å². The van der Waals surface area contributed by atoms with E-state index in [0.29, 0.717) is 33.2 Å². The molecule has 1 atom stereocenters. The SMILES string of the molecule is [C-]#[N+]C(N=Nc1ccc2nnc3c(C(=O)OCC)snc3c2c1)C(=O)c1ccccc1. The average molecular weight is 430 g/mol. The summed E-state index contributed by atoms with van der Waals surface area (Å²) in [4.78, 5) is 28.1. The Morgan fingerprint density at radius 2 is 1.97 bits per heavy atom. The van der Waals surface area contributed by atoms with Gasteiger partial charge >= 0.3 is 12.1 Å². The van der Waals surface area contributed by atoms with Crippen LogP contribution in [0.25, 0.3) is 26.8 Å². The van der Waals surface area contributed by atoms with E-state index in [1.807, 2.05) is 0 Å². The van der Waals surface area contributed by atoms with E-state index in [0.717, 1.165) is 11.5 Å². The largest absolute Gasteiger partial charge is 0.462 e. The Morgan fingerprint density at radius 1 is 1.16 bits per heavy atom. The molecule has 0 spiro atoms. The van der Waals surface area contributed by atoms with E-state index in [1.54, 1.807) is 55.5 Å². The van der Waals surface area contributed by atoms with Crippen LogP contribution in [0.5, 0.6) is 0 Å². The summed E-state index contributed by atoms with van der Waals surface area (Å²) in [5.41, 5.74) is 2.23. The number of aromatic nitrogens is 3. The lowest BCUT2D eigenvalue weighted by atomic mass is 10.1. The predicted molar refractivity (Wildman–Crippen MR) is 114 cm³/mol. The molecule has 0 radical (unpaired) electrons. The molecule has 0 bridgehead atoms. The molecular formula is C21H14N6O3S. The lowest BCUT2D eigenvalue weighted by Crippen LogP contribution is -2.13. The zero-order chi connectivity index (χ0) is 21.8. The zero-order valence-corrected chi connectivity index (χ0v) is 17.0. The molecular weight excluding hydrogens is 416 g/mol. The summed E-state index contributed by atoms with van der Waals surface area (Å²) in [7, 11) is 0. The van der Waals surface area contributed by atoms with Gasteiger partial charge in [0.2, 0.25) is 0 Å². The van der Waals surface area contributed by atoms with E-state index >= 15 is 0 Å². The van der Waals surface area contributed by atoms with Crippen molar-refractivity contribution in [2.24, 2.45) is 10.2 Å². The zero-order valence-electron chi connectivity index (χ0n) is 16.2. The van der Waals surface area contributed by atoms with E-state index in [9.17, 15) is 9.59 Å². The van der Waals surface area contributed by atoms with E-state index in [1.165, 1.54) is 0 Å². The van der Waals surface area contributed by atoms with E-state index in [2.05, 4.69) is 29.6 Å². The molecule has 2 heterocycles. The molecule has 2 aromatic carbocycles. The summed E-state index contributed by atoms with van der Waals surface area (Å²) in [6.07, 6.45) is -1.27. The number of rotatable bonds is 6. The maximum absolute atomic E-state index is 12.5. The Kier molecular flexibility index (Phi) is 5.68. The summed E-state index contributed by atoms with van der Waals surface area (Å²) in [6, 6.07) is 13.5. The molecule has 1 unspecified atom stereocenters. The van der Waals surface area contributed by atoms with Gasteiger partial charge < -0.3 is 4.74 Å². The lowest BCUT2D eigenvalue weighted by molar-refractivity contribution is 0.0533. The normalized spacial score (nSPS) is 12.1. The summed E-state index contributed by atoms with van der Waals surface area (Å²) in [5, 5.41) is 16.9. The van der Waals surface area contributed by atoms with Crippen LogP contribution >= 0.6 is 11.5 Å². The van der Waals surface area contributed by atoms with Crippen LogP contribution in [0, 0.1) is 6.57 Å². The maximum atomic E-state index is 12.5. The van der Waals surface area contributed by atoms with Gasteiger partial charge in [-0.1, -0.05) is 35.4 Å². The van der Waals surface area contributed by atoms with Gasteiger partial charge in [-0.3, -0.25) is 9.64 Å². The van der Waals surface area contributed by atoms with Crippen molar-refractivity contribution in [2.75, 3.05) is 6.61 Å². The second-order valence-corrected chi connectivity index (χ2v) is 7.05. The average Bonchev–Trinajstić information content (AvgIpc) is 3.25. The number of fused-ring (bicyclic) bond motifs is 3. The standard InChI is InChI=1S/C21H14N6O3S/c1-3-30-21(29)19-17-16(27-31-19)14-11-13(9-10-15(14)24-25-17)23-26-20(22-2)18(28)12-7-5-4-6-8-12/h4-11,20H,3H2,1H3. The van der Waals surface area contributed by atoms with Gasteiger partial charge in [0.15, 0.2) is 4.88 Å². The topological polar surface area (TPSA) is 111 Å². The molecule has 0 aliphatic carbocycles. The van der Waals surface area contributed by atoms with Crippen LogP contribution in [-0.4, -0.2) is 39.1 Å². The molecule has 0 amide bonds. The number of benzene rings is 2. The van der Waals surface area contributed by atoms with E-state index in [-0.39, 0.29) is 11.5 Å². The molecule has 152 valence electrons. The van der Waals surface area contributed by atoms with Gasteiger partial charge in [0.25, 0.3) is 5.78 Å². The van der Waals surface area contributed by atoms with Crippen molar-refractivity contribution in [3.8, 4) is 0 Å². The fourth-order valence-electron chi connectivity index (χ4n) is 2.86. The number of hydrogen-bond donors (Lipinski definition) is 0. The quantitative estimate of drug-likeness (QED) is 0.191. The highest BCUT2D eigenvalue weighted by atomic mass is 32.1. The molecule has 2 aromatic heterocycles. The van der Waals surface area contributed by atoms with Gasteiger partial charge in [-0.05, 0) is 36.7 Å². The number of azo groups is 1. The molecule has 0 aliphatic heterocycles. The van der Waals surface area contributed by atoms with Crippen LogP contribution < -0.4 is 0 Å². The Balaban J connectivity index is 1.68. The number of carbonyl (C=O) groups excluding carboxylic acids is 2. The van der Waals surface area contributed by atoms with Crippen LogP contribution in [0.1, 0.15) is 27.0 Å². The van der Waals surface area contributed by atoms with Crippen molar-refractivity contribution in [1.29, 1.82) is 0 Å². The number of Topliss-reactive ketones (excluding diaryl/α,β-unsaturated/α-hetero) is 1. The maximum Gasteiger partial charge on any atom is 0.395 e. The third-order valence-electron chi connectivity index (χ3n) is 4.32. The van der Waals surface area contributed by atoms with Gasteiger partial charge in [0.1, 0.15) is 11.0 Å². The summed E-state index contributed by atoms with van der Waals surface area (Å²) < 4.78 is 9.37. The molecule has 0 saturated heterocycles. The van der Waals surface area contributed by atoms with Gasteiger partial charge in [0, 0.05) is 10.9 Å². The van der Waals surface area contributed by atoms with Gasteiger partial charge in [-0.15, -0.1) is 15.3 Å². The van der Waals surface area contributed by atoms with Crippen LogP contribution in [0.2, 0.25) is 0 Å². The van der Waals surface area contributed by atoms with Crippen LogP contribution in [0.4, 0.5) is 5.69 Å². The molecule has 4 aromatic rings. The van der Waals surface area contributed by atoms with Crippen LogP contribution in [0.3, 0.4) is 0 Å². The highest BCUT2D eigenvalue weighted by Crippen LogP contribution is 2.29. The Morgan fingerprint density at radius 3 is 2.71 bits per heavy atom. The fraction of sp³-hybridized carbons (Fsp3) is 0.143. The third-order valence-corrected chi connectivity index (χ3v) is 5.14. The minimum atomic E-state index is -1.27. The van der Waals surface area contributed by atoms with Gasteiger partial charge in [0.05, 0.1) is 17.8 Å². The molecule has 0 N–H and O–H groups in total. The van der Waals surface area contributed by atoms with Crippen molar-refractivity contribution < 1.29 is 14.3 Å². The number of ketones is 1. The number of carbonyl (C=O) groups is 2. The molecule has 0 saturated carbocycles. The van der Waals surface area contributed by atoms with Crippen molar-refractivity contribution in [3.63, 3.8) is 0 Å². The number of nitrogens with zero attached hydrogens (tertiary/aromatic N) is 6. The first-order valence-corrected chi connectivity index (χ1v) is 9.99. The number of hydrogen-bond acceptors (Lipinski definition) is 9. The molecule has 9 nitrogen and oxygen atoms in total. The van der Waals surface area contributed by atoms with Crippen LogP contribution in [0.15, 0.2) is 58.8 Å². The molecule has 4 rings (SSSR count). The van der Waals surface area contributed by atoms with Crippen molar-refractivity contribution in [3.05, 3.63) is 70.4 Å². The van der Waals surface area contributed by atoms with E-state index in [4.69, 9.17) is 11.3 Å². The molecule has 10 heteroatoms. The van der Waals surface area contributed by atoms with Crippen molar-refractivity contribution >= 4 is 50.9 Å². The van der Waals surface area contributed by atoms with Crippen LogP contribution in [-0.2, 0) is 4.74 Å². The van der Waals surface area contributed by atoms with Crippen molar-refractivity contribution in [2.45, 2.75) is 13.1 Å². The third kappa shape index (κ3) is 3.99. The number of ether oxygens (including phenoxy) is 1. The molecule has 31 heavy (non-hydrogen) atoms. The molecule has 0 fully saturated rings. The Labute approximate surface area is 180 Å². The predicted octanol–water partition coefficient (Wildman–Crippen LogP) is 4.63. The molecule has 0 aliphatic rings. The number of esters is 1. The smallest absolute Gasteiger partial charge is 0.395 e. The van der Waals surface area contributed by atoms with Crippen molar-refractivity contribution in [1.82, 2.24) is 14.6 Å². The minimum absolute atomic E-state index is 0.244. The first kappa shape index (κ1) is 20.2. The summed E-state index contributed by atoms with van der Waals surface area (Å²) >= 11 is 0.989. The minimum Gasteiger partial charge on any atom is -0.462 e. The monoisotopic (exact) mass is 430 g/mol. The summed E-state index contributed by atoms with van der Waals surface area (Å²) in [5.74, 6) is -0.925. The van der Waals surface area contributed by atoms with Gasteiger partial charge in [-0.2, -0.15) is 4.37 Å². The fourth-order valence-corrected chi connectivity index (χ4v) is 3.59. The Hall–Kier alpha value is -4.10. The summed E-state index contributed by atoms with van der Waals surface area (Å²) in [6.45, 7) is 9.27. The second-order valence-electron chi connectivity index (χ2n) is 6.28. The Bertz CT molecular complexity index is 1360.